The molecule has 2 fully saturated rings. The lowest BCUT2D eigenvalue weighted by Gasteiger charge is -2.28. The van der Waals surface area contributed by atoms with Crippen LogP contribution in [0.1, 0.15) is 112 Å². The number of allylic oxidation sites excluding steroid dienone is 1. The number of aryl methyl sites for hydroxylation is 1. The zero-order chi connectivity index (χ0) is 24.9. The van der Waals surface area contributed by atoms with Crippen molar-refractivity contribution in [3.8, 4) is 0 Å². The lowest BCUT2D eigenvalue weighted by Crippen LogP contribution is -2.14. The number of benzene rings is 2. The van der Waals surface area contributed by atoms with Gasteiger partial charge >= 0.3 is 0 Å². The van der Waals surface area contributed by atoms with E-state index in [2.05, 4.69) is 6.92 Å². The molecule has 2 saturated carbocycles. The highest BCUT2D eigenvalue weighted by atomic mass is 19.2. The molecular weight excluding hydrogens is 448 g/mol. The number of hydrogen-bond donors (Lipinski definition) is 0. The minimum absolute atomic E-state index is 0.00101. The van der Waals surface area contributed by atoms with Crippen molar-refractivity contribution < 1.29 is 17.6 Å². The average molecular weight is 487 g/mol. The summed E-state index contributed by atoms with van der Waals surface area (Å²) in [4.78, 5) is 0. The summed E-state index contributed by atoms with van der Waals surface area (Å²) in [5, 5.41) is 0. The summed E-state index contributed by atoms with van der Waals surface area (Å²) in [6.07, 6.45) is 13.3. The molecule has 2 aromatic rings. The third-order valence-electron chi connectivity index (χ3n) is 8.48. The molecule has 2 aliphatic carbocycles. The Morgan fingerprint density at radius 2 is 1.26 bits per heavy atom. The van der Waals surface area contributed by atoms with E-state index in [-0.39, 0.29) is 23.3 Å². The van der Waals surface area contributed by atoms with Crippen molar-refractivity contribution in [2.24, 2.45) is 11.8 Å². The summed E-state index contributed by atoms with van der Waals surface area (Å²) in [6, 6.07) is 6.95. The molecule has 0 aliphatic heterocycles. The van der Waals surface area contributed by atoms with Gasteiger partial charge in [0.2, 0.25) is 0 Å². The smallest absolute Gasteiger partial charge is 0.166 e. The fraction of sp³-hybridized carbons (Fsp3) is 0.548. The average Bonchev–Trinajstić information content (AvgIpc) is 2.88. The molecule has 0 spiro atoms. The first-order valence-corrected chi connectivity index (χ1v) is 13.6. The Labute approximate surface area is 207 Å². The molecule has 0 heterocycles. The van der Waals surface area contributed by atoms with Crippen molar-refractivity contribution in [1.82, 2.24) is 0 Å². The molecule has 4 rings (SSSR count). The largest absolute Gasteiger partial charge is 0.203 e. The number of hydrogen-bond acceptors (Lipinski definition) is 0. The van der Waals surface area contributed by atoms with Crippen LogP contribution in [0.2, 0.25) is 0 Å². The molecule has 0 N–H and O–H groups in total. The molecule has 2 aliphatic rings. The van der Waals surface area contributed by atoms with Crippen LogP contribution in [0.5, 0.6) is 0 Å². The van der Waals surface area contributed by atoms with Gasteiger partial charge in [0.1, 0.15) is 0 Å². The van der Waals surface area contributed by atoms with Crippen LogP contribution in [0, 0.1) is 35.1 Å². The molecule has 0 aromatic heterocycles. The second kappa shape index (κ2) is 11.8. The predicted molar refractivity (Wildman–Crippen MR) is 135 cm³/mol. The molecule has 0 unspecified atom stereocenters. The zero-order valence-corrected chi connectivity index (χ0v) is 21.1. The molecule has 0 saturated heterocycles. The van der Waals surface area contributed by atoms with Crippen LogP contribution in [0.4, 0.5) is 17.6 Å². The van der Waals surface area contributed by atoms with Crippen LogP contribution in [0.15, 0.2) is 30.3 Å². The van der Waals surface area contributed by atoms with Crippen molar-refractivity contribution in [1.29, 1.82) is 0 Å². The Balaban J connectivity index is 1.37. The van der Waals surface area contributed by atoms with Crippen molar-refractivity contribution in [2.75, 3.05) is 0 Å². The summed E-state index contributed by atoms with van der Waals surface area (Å²) in [7, 11) is 0. The summed E-state index contributed by atoms with van der Waals surface area (Å²) in [5.41, 5.74) is 1.73. The minimum atomic E-state index is -0.755. The van der Waals surface area contributed by atoms with E-state index >= 15 is 0 Å². The second-order valence-electron chi connectivity index (χ2n) is 10.7. The Kier molecular flexibility index (Phi) is 8.73. The molecular formula is C31H38F4. The monoisotopic (exact) mass is 486 g/mol. The summed E-state index contributed by atoms with van der Waals surface area (Å²) < 4.78 is 58.8. The first-order chi connectivity index (χ1) is 16.9. The van der Waals surface area contributed by atoms with Crippen LogP contribution < -0.4 is 0 Å². The highest BCUT2D eigenvalue weighted by Crippen LogP contribution is 2.40. The van der Waals surface area contributed by atoms with Gasteiger partial charge in [-0.3, -0.25) is 0 Å². The first-order valence-electron chi connectivity index (χ1n) is 13.6. The van der Waals surface area contributed by atoms with Gasteiger partial charge < -0.3 is 0 Å². The van der Waals surface area contributed by atoms with E-state index in [9.17, 15) is 17.6 Å². The van der Waals surface area contributed by atoms with Crippen molar-refractivity contribution in [3.63, 3.8) is 0 Å². The van der Waals surface area contributed by atoms with Crippen LogP contribution >= 0.6 is 0 Å². The van der Waals surface area contributed by atoms with Crippen LogP contribution in [0.25, 0.3) is 6.08 Å². The van der Waals surface area contributed by atoms with Gasteiger partial charge in [0, 0.05) is 5.56 Å². The van der Waals surface area contributed by atoms with Gasteiger partial charge in [-0.15, -0.1) is 0 Å². The van der Waals surface area contributed by atoms with Crippen molar-refractivity contribution >= 4 is 6.08 Å². The van der Waals surface area contributed by atoms with Crippen molar-refractivity contribution in [3.05, 3.63) is 75.9 Å². The van der Waals surface area contributed by atoms with Gasteiger partial charge in [0.25, 0.3) is 0 Å². The molecule has 0 bridgehead atoms. The van der Waals surface area contributed by atoms with Crippen LogP contribution in [-0.4, -0.2) is 0 Å². The second-order valence-corrected chi connectivity index (χ2v) is 10.7. The van der Waals surface area contributed by atoms with Gasteiger partial charge in [-0.05, 0) is 98.1 Å². The fourth-order valence-electron chi connectivity index (χ4n) is 6.15. The van der Waals surface area contributed by atoms with Crippen LogP contribution in [-0.2, 0) is 6.42 Å². The highest BCUT2D eigenvalue weighted by molar-refractivity contribution is 5.52. The molecule has 4 heteroatoms. The lowest BCUT2D eigenvalue weighted by molar-refractivity contribution is 0.312. The van der Waals surface area contributed by atoms with Gasteiger partial charge in [-0.25, -0.2) is 17.6 Å². The first kappa shape index (κ1) is 26.0. The Morgan fingerprint density at radius 3 is 1.86 bits per heavy atom. The summed E-state index contributed by atoms with van der Waals surface area (Å²) in [6.45, 7) is 4.15. The maximum absolute atomic E-state index is 14.9. The van der Waals surface area contributed by atoms with Gasteiger partial charge in [0.05, 0.1) is 0 Å². The topological polar surface area (TPSA) is 0 Å². The van der Waals surface area contributed by atoms with Gasteiger partial charge in [-0.2, -0.15) is 0 Å². The number of halogens is 4. The Morgan fingerprint density at radius 1 is 0.686 bits per heavy atom. The fourth-order valence-corrected chi connectivity index (χ4v) is 6.15. The molecule has 0 radical (unpaired) electrons. The predicted octanol–water partition coefficient (Wildman–Crippen LogP) is 9.87. The Bertz CT molecular complexity index is 1020. The van der Waals surface area contributed by atoms with Crippen LogP contribution in [0.3, 0.4) is 0 Å². The maximum atomic E-state index is 14.9. The molecule has 0 atom stereocenters. The normalized spacial score (nSPS) is 25.3. The zero-order valence-electron chi connectivity index (χ0n) is 21.1. The van der Waals surface area contributed by atoms with Gasteiger partial charge in [-0.1, -0.05) is 63.1 Å². The van der Waals surface area contributed by atoms with E-state index in [0.717, 1.165) is 64.2 Å². The van der Waals surface area contributed by atoms with E-state index in [1.165, 1.54) is 0 Å². The SMILES string of the molecule is CCCc1ccc(C2CCC(/C=C/c3ccc(C4CCC(CC)CC4)c(F)c3F)CC2)c(F)c1F. The standard InChI is InChI=1S/C31H38F4/c1-3-5-24-16-18-26(30(34)28(24)32)23-13-8-21(9-14-23)10-15-25-17-19-27(31(35)29(25)33)22-11-6-20(4-2)7-12-22/h10,15-23H,3-9,11-14H2,1-2H3/b15-10+. The Hall–Kier alpha value is -2.10. The lowest BCUT2D eigenvalue weighted by atomic mass is 9.77. The van der Waals surface area contributed by atoms with E-state index in [4.69, 9.17) is 0 Å². The summed E-state index contributed by atoms with van der Waals surface area (Å²) in [5.74, 6) is -1.79. The van der Waals surface area contributed by atoms with E-state index in [1.54, 1.807) is 30.3 Å². The molecule has 190 valence electrons. The quantitative estimate of drug-likeness (QED) is 0.342. The minimum Gasteiger partial charge on any atom is -0.203 e. The number of rotatable bonds is 7. The van der Waals surface area contributed by atoms with E-state index in [0.29, 0.717) is 29.0 Å². The molecule has 35 heavy (non-hydrogen) atoms. The summed E-state index contributed by atoms with van der Waals surface area (Å²) >= 11 is 0. The molecule has 0 nitrogen and oxygen atoms in total. The van der Waals surface area contributed by atoms with Gasteiger partial charge in [0.15, 0.2) is 23.3 Å². The van der Waals surface area contributed by atoms with E-state index in [1.807, 2.05) is 13.0 Å². The highest BCUT2D eigenvalue weighted by Gasteiger charge is 2.27. The van der Waals surface area contributed by atoms with E-state index < -0.39 is 23.3 Å². The third-order valence-corrected chi connectivity index (χ3v) is 8.48. The maximum Gasteiger partial charge on any atom is 0.166 e. The molecule has 2 aromatic carbocycles. The molecule has 0 amide bonds. The van der Waals surface area contributed by atoms with Crippen molar-refractivity contribution in [2.45, 2.75) is 96.3 Å². The third kappa shape index (κ3) is 5.84.